The Morgan fingerprint density at radius 2 is 1.97 bits per heavy atom. The normalized spacial score (nSPS) is 13.8. The summed E-state index contributed by atoms with van der Waals surface area (Å²) >= 11 is 0. The van der Waals surface area contributed by atoms with Crippen molar-refractivity contribution in [2.45, 2.75) is 32.1 Å². The van der Waals surface area contributed by atoms with Crippen molar-refractivity contribution in [1.29, 1.82) is 0 Å². The third kappa shape index (κ3) is 8.85. The number of methoxy groups -OCH3 is 1. The van der Waals surface area contributed by atoms with E-state index in [1.54, 1.807) is 13.3 Å². The lowest BCUT2D eigenvalue weighted by Crippen LogP contribution is -2.28. The average Bonchev–Trinajstić information content (AvgIpc) is 3.59. The molecule has 1 heterocycles. The van der Waals surface area contributed by atoms with Crippen LogP contribution in [-0.2, 0) is 27.6 Å². The number of nitrogens with zero attached hydrogens (tertiary/aromatic N) is 1. The minimum atomic E-state index is -3.33. The van der Waals surface area contributed by atoms with Crippen molar-refractivity contribution >= 4 is 10.0 Å². The molecule has 2 aromatic rings. The third-order valence-electron chi connectivity index (χ3n) is 5.05. The highest BCUT2D eigenvalue weighted by Crippen LogP contribution is 2.32. The van der Waals surface area contributed by atoms with Crippen molar-refractivity contribution < 1.29 is 22.6 Å². The number of hydrogen-bond acceptors (Lipinski definition) is 6. The first-order valence-corrected chi connectivity index (χ1v) is 12.5. The number of aryl methyl sites for hydroxylation is 1. The van der Waals surface area contributed by atoms with Crippen LogP contribution >= 0.6 is 0 Å². The second-order valence-corrected chi connectivity index (χ2v) is 9.68. The summed E-state index contributed by atoms with van der Waals surface area (Å²) in [6.45, 7) is 2.04. The molecular weight excluding hydrogens is 416 g/mol. The lowest BCUT2D eigenvalue weighted by atomic mass is 10.1. The van der Waals surface area contributed by atoms with E-state index < -0.39 is 10.0 Å². The number of nitrogens with one attached hydrogen (secondary N) is 1. The van der Waals surface area contributed by atoms with E-state index in [1.807, 2.05) is 36.4 Å². The zero-order valence-electron chi connectivity index (χ0n) is 18.1. The number of ether oxygens (including phenoxy) is 3. The van der Waals surface area contributed by atoms with Crippen LogP contribution in [0, 0.1) is 5.92 Å². The zero-order chi connectivity index (χ0) is 21.9. The molecule has 8 heteroatoms. The Bertz CT molecular complexity index is 901. The van der Waals surface area contributed by atoms with E-state index in [9.17, 15) is 8.42 Å². The molecule has 0 radical (unpaired) electrons. The Labute approximate surface area is 185 Å². The van der Waals surface area contributed by atoms with Crippen LogP contribution in [0.4, 0.5) is 0 Å². The number of aromatic nitrogens is 1. The Hall–Kier alpha value is -2.16. The highest BCUT2D eigenvalue weighted by atomic mass is 32.2. The van der Waals surface area contributed by atoms with Crippen LogP contribution in [0.15, 0.2) is 42.6 Å². The topological polar surface area (TPSA) is 86.8 Å². The Morgan fingerprint density at radius 3 is 2.71 bits per heavy atom. The summed E-state index contributed by atoms with van der Waals surface area (Å²) in [7, 11) is -1.69. The molecule has 7 nitrogen and oxygen atoms in total. The summed E-state index contributed by atoms with van der Waals surface area (Å²) < 4.78 is 44.0. The minimum absolute atomic E-state index is 0.0728. The van der Waals surface area contributed by atoms with Crippen LogP contribution in [0.3, 0.4) is 0 Å². The first-order chi connectivity index (χ1) is 15.1. The highest BCUT2D eigenvalue weighted by Gasteiger charge is 2.22. The van der Waals surface area contributed by atoms with Gasteiger partial charge in [-0.05, 0) is 55.4 Å². The van der Waals surface area contributed by atoms with Gasteiger partial charge in [-0.15, -0.1) is 0 Å². The van der Waals surface area contributed by atoms with Crippen molar-refractivity contribution in [2.24, 2.45) is 5.92 Å². The Kier molecular flexibility index (Phi) is 9.12. The van der Waals surface area contributed by atoms with Crippen molar-refractivity contribution in [1.82, 2.24) is 9.71 Å². The fraction of sp³-hybridized carbons (Fsp3) is 0.522. The van der Waals surface area contributed by atoms with Crippen molar-refractivity contribution in [3.63, 3.8) is 0 Å². The van der Waals surface area contributed by atoms with Crippen LogP contribution in [0.25, 0.3) is 0 Å². The van der Waals surface area contributed by atoms with E-state index in [1.165, 1.54) is 12.8 Å². The maximum absolute atomic E-state index is 12.3. The van der Waals surface area contributed by atoms with Crippen LogP contribution in [0.1, 0.15) is 30.5 Å². The molecule has 1 aromatic carbocycles. The number of hydrogen-bond donors (Lipinski definition) is 1. The van der Waals surface area contributed by atoms with E-state index in [2.05, 4.69) is 9.71 Å². The molecule has 1 fully saturated rings. The molecule has 0 aliphatic heterocycles. The van der Waals surface area contributed by atoms with Gasteiger partial charge >= 0.3 is 0 Å². The van der Waals surface area contributed by atoms with Gasteiger partial charge in [0.1, 0.15) is 18.1 Å². The predicted molar refractivity (Wildman–Crippen MR) is 120 cm³/mol. The van der Waals surface area contributed by atoms with Gasteiger partial charge in [0.25, 0.3) is 0 Å². The predicted octanol–water partition coefficient (Wildman–Crippen LogP) is 2.99. The van der Waals surface area contributed by atoms with Gasteiger partial charge in [-0.25, -0.2) is 13.1 Å². The molecule has 0 atom stereocenters. The molecule has 1 aliphatic rings. The molecule has 1 N–H and O–H groups in total. The first kappa shape index (κ1) is 23.5. The molecule has 1 aromatic heterocycles. The largest absolute Gasteiger partial charge is 0.493 e. The zero-order valence-corrected chi connectivity index (χ0v) is 18.9. The molecule has 0 bridgehead atoms. The van der Waals surface area contributed by atoms with Crippen LogP contribution in [0.2, 0.25) is 0 Å². The number of sulfonamides is 1. The number of rotatable bonds is 15. The standard InChI is InChI=1S/C23H32N2O5S/c1-28-14-15-29-22-10-9-20(23(17-22)30-18-19-7-8-19)5-4-16-31(26,27)25-13-11-21-6-2-3-12-24-21/h2-3,6,9-10,12,17,19,25H,4-5,7-8,11,13-16,18H2,1H3. The van der Waals surface area contributed by atoms with Gasteiger partial charge in [-0.1, -0.05) is 12.1 Å². The Balaban J connectivity index is 1.48. The van der Waals surface area contributed by atoms with E-state index >= 15 is 0 Å². The molecule has 31 heavy (non-hydrogen) atoms. The van der Waals surface area contributed by atoms with E-state index in [0.29, 0.717) is 51.5 Å². The molecule has 0 saturated heterocycles. The summed E-state index contributed by atoms with van der Waals surface area (Å²) in [4.78, 5) is 4.21. The number of pyridine rings is 1. The first-order valence-electron chi connectivity index (χ1n) is 10.8. The van der Waals surface area contributed by atoms with Gasteiger partial charge in [0, 0.05) is 38.0 Å². The molecule has 0 amide bonds. The molecule has 1 saturated carbocycles. The van der Waals surface area contributed by atoms with Crippen LogP contribution in [-0.4, -0.2) is 52.6 Å². The van der Waals surface area contributed by atoms with Gasteiger partial charge in [-0.3, -0.25) is 4.98 Å². The van der Waals surface area contributed by atoms with Gasteiger partial charge in [0.2, 0.25) is 10.0 Å². The second kappa shape index (κ2) is 12.0. The quantitative estimate of drug-likeness (QED) is 0.422. The van der Waals surface area contributed by atoms with Crippen LogP contribution in [0.5, 0.6) is 11.5 Å². The summed E-state index contributed by atoms with van der Waals surface area (Å²) in [5.41, 5.74) is 1.87. The average molecular weight is 449 g/mol. The fourth-order valence-electron chi connectivity index (χ4n) is 3.11. The Morgan fingerprint density at radius 1 is 1.10 bits per heavy atom. The third-order valence-corrected chi connectivity index (χ3v) is 6.52. The lowest BCUT2D eigenvalue weighted by Gasteiger charge is -2.14. The summed E-state index contributed by atoms with van der Waals surface area (Å²) in [5.74, 6) is 2.22. The SMILES string of the molecule is COCCOc1ccc(CCCS(=O)(=O)NCCc2ccccn2)c(OCC2CC2)c1. The maximum Gasteiger partial charge on any atom is 0.211 e. The van der Waals surface area contributed by atoms with Crippen molar-refractivity contribution in [3.8, 4) is 11.5 Å². The summed E-state index contributed by atoms with van der Waals surface area (Å²) in [6.07, 6.45) is 5.84. The lowest BCUT2D eigenvalue weighted by molar-refractivity contribution is 0.146. The van der Waals surface area contributed by atoms with Crippen molar-refractivity contribution in [3.05, 3.63) is 53.9 Å². The molecular formula is C23H32N2O5S. The molecule has 170 valence electrons. The smallest absolute Gasteiger partial charge is 0.211 e. The van der Waals surface area contributed by atoms with Gasteiger partial charge in [0.05, 0.1) is 19.0 Å². The summed E-state index contributed by atoms with van der Waals surface area (Å²) in [6, 6.07) is 11.4. The monoisotopic (exact) mass is 448 g/mol. The maximum atomic E-state index is 12.3. The van der Waals surface area contributed by atoms with Gasteiger partial charge < -0.3 is 14.2 Å². The van der Waals surface area contributed by atoms with E-state index in [-0.39, 0.29) is 5.75 Å². The van der Waals surface area contributed by atoms with Crippen LogP contribution < -0.4 is 14.2 Å². The molecule has 0 spiro atoms. The molecule has 0 unspecified atom stereocenters. The van der Waals surface area contributed by atoms with E-state index in [0.717, 1.165) is 22.8 Å². The second-order valence-electron chi connectivity index (χ2n) is 7.75. The minimum Gasteiger partial charge on any atom is -0.493 e. The fourth-order valence-corrected chi connectivity index (χ4v) is 4.19. The van der Waals surface area contributed by atoms with Crippen molar-refractivity contribution in [2.75, 3.05) is 39.2 Å². The summed E-state index contributed by atoms with van der Waals surface area (Å²) in [5, 5.41) is 0. The van der Waals surface area contributed by atoms with Gasteiger partial charge in [-0.2, -0.15) is 0 Å². The molecule has 1 aliphatic carbocycles. The van der Waals surface area contributed by atoms with Gasteiger partial charge in [0.15, 0.2) is 0 Å². The highest BCUT2D eigenvalue weighted by molar-refractivity contribution is 7.89. The number of benzene rings is 1. The molecule has 3 rings (SSSR count). The van der Waals surface area contributed by atoms with E-state index in [4.69, 9.17) is 14.2 Å².